The normalized spacial score (nSPS) is 15.1. The summed E-state index contributed by atoms with van der Waals surface area (Å²) in [6, 6.07) is 0. The summed E-state index contributed by atoms with van der Waals surface area (Å²) in [5.74, 6) is 0.689. The van der Waals surface area contributed by atoms with Crippen molar-refractivity contribution < 1.29 is 14.2 Å². The average Bonchev–Trinajstić information content (AvgIpc) is 2.33. The molecule has 1 atom stereocenters. The van der Waals surface area contributed by atoms with E-state index in [9.17, 15) is 4.57 Å². The number of aliphatic hydroxyl groups excluding tert-OH is 1. The van der Waals surface area contributed by atoms with E-state index in [0.29, 0.717) is 31.5 Å². The van der Waals surface area contributed by atoms with Gasteiger partial charge < -0.3 is 9.63 Å². The average molecular weight is 307 g/mol. The zero-order valence-corrected chi connectivity index (χ0v) is 12.5. The summed E-state index contributed by atoms with van der Waals surface area (Å²) in [7, 11) is -3.14. The Balaban J connectivity index is 4.62. The van der Waals surface area contributed by atoms with Crippen LogP contribution in [0.3, 0.4) is 0 Å². The van der Waals surface area contributed by atoms with Crippen LogP contribution >= 0.6 is 30.9 Å². The molecule has 0 bridgehead atoms. The number of halogens is 2. The van der Waals surface area contributed by atoms with Gasteiger partial charge in [0.05, 0.1) is 13.2 Å². The molecule has 0 heterocycles. The Kier molecular flexibility index (Phi) is 11.0. The van der Waals surface area contributed by atoms with Gasteiger partial charge in [0.2, 0.25) is 0 Å². The summed E-state index contributed by atoms with van der Waals surface area (Å²) in [5.41, 5.74) is 0. The molecule has 17 heavy (non-hydrogen) atoms. The highest BCUT2D eigenvalue weighted by atomic mass is 35.5. The minimum Gasteiger partial charge on any atom is -0.395 e. The van der Waals surface area contributed by atoms with Crippen LogP contribution in [-0.4, -0.2) is 54.4 Å². The van der Waals surface area contributed by atoms with Crippen LogP contribution in [0.5, 0.6) is 0 Å². The first-order valence-corrected chi connectivity index (χ1v) is 8.27. The first-order chi connectivity index (χ1) is 8.14. The molecule has 0 saturated heterocycles. The van der Waals surface area contributed by atoms with Crippen molar-refractivity contribution in [3.8, 4) is 0 Å². The molecule has 104 valence electrons. The van der Waals surface area contributed by atoms with Gasteiger partial charge in [-0.1, -0.05) is 6.92 Å². The highest BCUT2D eigenvalue weighted by Gasteiger charge is 2.30. The number of hydrogen-bond donors (Lipinski definition) is 2. The lowest BCUT2D eigenvalue weighted by Crippen LogP contribution is -2.33. The lowest BCUT2D eigenvalue weighted by Gasteiger charge is -2.30. The van der Waals surface area contributed by atoms with Gasteiger partial charge in [0.15, 0.2) is 0 Å². The summed E-state index contributed by atoms with van der Waals surface area (Å²) < 4.78 is 19.6. The van der Waals surface area contributed by atoms with Gasteiger partial charge in [-0.3, -0.25) is 4.57 Å². The number of hydrogen-bond acceptors (Lipinski definition) is 3. The molecule has 0 spiro atoms. The molecule has 0 radical (unpaired) electrons. The van der Waals surface area contributed by atoms with Gasteiger partial charge in [0.25, 0.3) is 0 Å². The summed E-state index contributed by atoms with van der Waals surface area (Å²) in [5, 5.41) is 11.5. The summed E-state index contributed by atoms with van der Waals surface area (Å²) in [4.78, 5) is 0. The molecule has 0 aliphatic heterocycles. The molecule has 0 aliphatic carbocycles. The van der Waals surface area contributed by atoms with Crippen LogP contribution in [0.25, 0.3) is 0 Å². The topological polar surface area (TPSA) is 61.8 Å². The molecule has 8 heteroatoms. The van der Waals surface area contributed by atoms with Crippen LogP contribution in [0.1, 0.15) is 13.3 Å². The maximum absolute atomic E-state index is 12.6. The number of aliphatic hydroxyl groups is 1. The fourth-order valence-electron chi connectivity index (χ4n) is 1.20. The van der Waals surface area contributed by atoms with Crippen LogP contribution in [-0.2, 0) is 9.09 Å². The van der Waals surface area contributed by atoms with E-state index in [0.717, 1.165) is 6.42 Å². The zero-order chi connectivity index (χ0) is 13.1. The van der Waals surface area contributed by atoms with E-state index in [1.165, 1.54) is 0 Å². The fraction of sp³-hybridized carbons (Fsp3) is 1.00. The van der Waals surface area contributed by atoms with Crippen molar-refractivity contribution in [3.05, 3.63) is 0 Å². The van der Waals surface area contributed by atoms with Crippen molar-refractivity contribution in [2.24, 2.45) is 0 Å². The quantitative estimate of drug-likeness (QED) is 0.451. The maximum atomic E-state index is 12.6. The van der Waals surface area contributed by atoms with Crippen LogP contribution in [0.2, 0.25) is 0 Å². The van der Waals surface area contributed by atoms with Gasteiger partial charge in [-0.2, -0.15) is 0 Å². The zero-order valence-electron chi connectivity index (χ0n) is 10.1. The van der Waals surface area contributed by atoms with Gasteiger partial charge in [-0.05, 0) is 6.42 Å². The Morgan fingerprint density at radius 2 is 1.94 bits per heavy atom. The molecule has 0 fully saturated rings. The standard InChI is InChI=1S/C9H21Cl2N2O3P/c1-2-9-16-17(15,12-5-8-14)13(6-3-10)7-4-11/h14H,2-9H2,1H3,(H,12,15). The van der Waals surface area contributed by atoms with Gasteiger partial charge in [0.1, 0.15) is 0 Å². The molecule has 0 rings (SSSR count). The largest absolute Gasteiger partial charge is 0.395 e. The molecule has 0 aliphatic rings. The van der Waals surface area contributed by atoms with Gasteiger partial charge in [-0.25, -0.2) is 9.76 Å². The smallest absolute Gasteiger partial charge is 0.343 e. The number of rotatable bonds is 11. The van der Waals surface area contributed by atoms with Gasteiger partial charge >= 0.3 is 7.67 Å². The third-order valence-electron chi connectivity index (χ3n) is 1.95. The van der Waals surface area contributed by atoms with E-state index in [2.05, 4.69) is 5.09 Å². The van der Waals surface area contributed by atoms with E-state index >= 15 is 0 Å². The second-order valence-electron chi connectivity index (χ2n) is 3.32. The number of alkyl halides is 2. The van der Waals surface area contributed by atoms with E-state index in [-0.39, 0.29) is 13.2 Å². The van der Waals surface area contributed by atoms with E-state index < -0.39 is 7.67 Å². The Hall–Kier alpha value is 0.650. The third kappa shape index (κ3) is 6.97. The fourth-order valence-corrected chi connectivity index (χ4v) is 3.84. The monoisotopic (exact) mass is 306 g/mol. The Morgan fingerprint density at radius 1 is 1.35 bits per heavy atom. The molecule has 0 aromatic rings. The Morgan fingerprint density at radius 3 is 2.35 bits per heavy atom. The van der Waals surface area contributed by atoms with E-state index in [1.54, 1.807) is 4.67 Å². The van der Waals surface area contributed by atoms with Crippen molar-refractivity contribution in [1.29, 1.82) is 0 Å². The molecule has 1 unspecified atom stereocenters. The van der Waals surface area contributed by atoms with Crippen LogP contribution in [0, 0.1) is 0 Å². The number of nitrogens with zero attached hydrogens (tertiary/aromatic N) is 1. The second-order valence-corrected chi connectivity index (χ2v) is 6.25. The van der Waals surface area contributed by atoms with E-state index in [1.807, 2.05) is 6.92 Å². The van der Waals surface area contributed by atoms with Crippen molar-refractivity contribution in [2.75, 3.05) is 44.6 Å². The first-order valence-electron chi connectivity index (χ1n) is 5.62. The molecule has 0 aromatic heterocycles. The summed E-state index contributed by atoms with van der Waals surface area (Å²) in [6.07, 6.45) is 0.764. The lowest BCUT2D eigenvalue weighted by atomic mass is 10.5. The SMILES string of the molecule is CCCOP(=O)(NCCO)N(CCCl)CCCl. The predicted molar refractivity (Wildman–Crippen MR) is 72.0 cm³/mol. The van der Waals surface area contributed by atoms with Crippen molar-refractivity contribution in [2.45, 2.75) is 13.3 Å². The van der Waals surface area contributed by atoms with Crippen LogP contribution < -0.4 is 5.09 Å². The van der Waals surface area contributed by atoms with Crippen molar-refractivity contribution in [3.63, 3.8) is 0 Å². The molecule has 5 nitrogen and oxygen atoms in total. The number of nitrogens with one attached hydrogen (secondary N) is 1. The second kappa shape index (κ2) is 10.6. The summed E-state index contributed by atoms with van der Waals surface area (Å²) in [6.45, 7) is 3.28. The maximum Gasteiger partial charge on any atom is 0.343 e. The minimum atomic E-state index is -3.14. The van der Waals surface area contributed by atoms with Crippen LogP contribution in [0.4, 0.5) is 0 Å². The minimum absolute atomic E-state index is 0.102. The molecular formula is C9H21Cl2N2O3P. The third-order valence-corrected chi connectivity index (χ3v) is 4.59. The highest BCUT2D eigenvalue weighted by Crippen LogP contribution is 2.46. The molecule has 0 aromatic carbocycles. The first kappa shape index (κ1) is 17.6. The van der Waals surface area contributed by atoms with Crippen molar-refractivity contribution >= 4 is 30.9 Å². The highest BCUT2D eigenvalue weighted by molar-refractivity contribution is 7.54. The van der Waals surface area contributed by atoms with Crippen molar-refractivity contribution in [1.82, 2.24) is 9.76 Å². The summed E-state index contributed by atoms with van der Waals surface area (Å²) >= 11 is 11.3. The molecular weight excluding hydrogens is 286 g/mol. The predicted octanol–water partition coefficient (Wildman–Crippen LogP) is 1.88. The lowest BCUT2D eigenvalue weighted by molar-refractivity contribution is 0.247. The van der Waals surface area contributed by atoms with E-state index in [4.69, 9.17) is 32.8 Å². The van der Waals surface area contributed by atoms with Gasteiger partial charge in [0, 0.05) is 31.4 Å². The van der Waals surface area contributed by atoms with Crippen LogP contribution in [0.15, 0.2) is 0 Å². The Bertz CT molecular complexity index is 216. The molecule has 0 saturated carbocycles. The molecule has 2 N–H and O–H groups in total. The Labute approximate surface area is 113 Å². The molecule has 0 amide bonds. The van der Waals surface area contributed by atoms with Gasteiger partial charge in [-0.15, -0.1) is 23.2 Å².